The first-order valence-electron chi connectivity index (χ1n) is 12.4. The molecule has 0 atom stereocenters. The summed E-state index contributed by atoms with van der Waals surface area (Å²) in [5, 5.41) is 19.0. The van der Waals surface area contributed by atoms with E-state index in [1.54, 1.807) is 0 Å². The van der Waals surface area contributed by atoms with Crippen molar-refractivity contribution >= 4 is 23.4 Å². The topological polar surface area (TPSA) is 77.1 Å². The second kappa shape index (κ2) is 7.64. The maximum atomic E-state index is 14.6. The molecule has 2 saturated heterocycles. The highest BCUT2D eigenvalue weighted by Crippen LogP contribution is 2.45. The third kappa shape index (κ3) is 3.54. The molecule has 0 amide bonds. The Labute approximate surface area is 213 Å². The van der Waals surface area contributed by atoms with Crippen LogP contribution < -0.4 is 9.80 Å². The Bertz CT molecular complexity index is 1410. The Balaban J connectivity index is 1.11. The Kier molecular flexibility index (Phi) is 4.67. The summed E-state index contributed by atoms with van der Waals surface area (Å²) in [5.41, 5.74) is 2.62. The maximum absolute atomic E-state index is 14.6. The predicted molar refractivity (Wildman–Crippen MR) is 134 cm³/mol. The minimum absolute atomic E-state index is 0.210. The summed E-state index contributed by atoms with van der Waals surface area (Å²) >= 11 is 6.35. The first kappa shape index (κ1) is 22.0. The molecule has 36 heavy (non-hydrogen) atoms. The van der Waals surface area contributed by atoms with Crippen molar-refractivity contribution in [2.24, 2.45) is 5.41 Å². The molecule has 0 radical (unpaired) electrons. The van der Waals surface area contributed by atoms with Crippen molar-refractivity contribution in [2.75, 3.05) is 42.5 Å². The molecule has 2 aromatic heterocycles. The number of benzene rings is 1. The molecule has 1 saturated carbocycles. The first-order chi connectivity index (χ1) is 17.3. The number of nitriles is 1. The van der Waals surface area contributed by atoms with Gasteiger partial charge in [-0.1, -0.05) is 11.6 Å². The number of hydrogen-bond acceptors (Lipinski definition) is 7. The quantitative estimate of drug-likeness (QED) is 0.537. The van der Waals surface area contributed by atoms with E-state index < -0.39 is 5.67 Å². The summed E-state index contributed by atoms with van der Waals surface area (Å²) in [6.45, 7) is 7.15. The molecule has 3 fully saturated rings. The zero-order valence-corrected chi connectivity index (χ0v) is 20.8. The summed E-state index contributed by atoms with van der Waals surface area (Å²) in [4.78, 5) is 11.3. The van der Waals surface area contributed by atoms with Crippen molar-refractivity contribution in [3.05, 3.63) is 58.0 Å². The number of aromatic nitrogens is 4. The Morgan fingerprint density at radius 3 is 2.56 bits per heavy atom. The van der Waals surface area contributed by atoms with Gasteiger partial charge < -0.3 is 9.80 Å². The lowest BCUT2D eigenvalue weighted by Gasteiger charge is -2.60. The molecule has 184 valence electrons. The lowest BCUT2D eigenvalue weighted by Crippen LogP contribution is -2.73. The van der Waals surface area contributed by atoms with Crippen LogP contribution in [0, 0.1) is 23.7 Å². The SMILES string of the molecule is Cc1nc(N2CC3(C2)CN(c2nnc4n2-c2ccc(Cl)cc2CN(CC2(F)CC2)C4)C3)ccc1C#N. The fourth-order valence-electron chi connectivity index (χ4n) is 5.94. The Hall–Kier alpha value is -3.22. The number of halogens is 2. The van der Waals surface area contributed by atoms with Crippen molar-refractivity contribution in [3.8, 4) is 11.8 Å². The fourth-order valence-corrected chi connectivity index (χ4v) is 6.13. The van der Waals surface area contributed by atoms with Gasteiger partial charge in [-0.25, -0.2) is 9.37 Å². The number of fused-ring (bicyclic) bond motifs is 3. The average Bonchev–Trinajstić information content (AvgIpc) is 3.42. The number of rotatable bonds is 4. The van der Waals surface area contributed by atoms with E-state index in [-0.39, 0.29) is 5.41 Å². The van der Waals surface area contributed by atoms with E-state index in [0.717, 1.165) is 60.7 Å². The summed E-state index contributed by atoms with van der Waals surface area (Å²) in [5.74, 6) is 2.61. The number of nitrogens with zero attached hydrogens (tertiary/aromatic N) is 8. The van der Waals surface area contributed by atoms with E-state index in [1.807, 2.05) is 37.3 Å². The highest BCUT2D eigenvalue weighted by Gasteiger charge is 2.53. The van der Waals surface area contributed by atoms with Crippen LogP contribution in [0.15, 0.2) is 30.3 Å². The normalized spacial score (nSPS) is 21.2. The van der Waals surface area contributed by atoms with Crippen LogP contribution in [-0.4, -0.2) is 63.0 Å². The molecule has 4 aliphatic rings. The van der Waals surface area contributed by atoms with Gasteiger partial charge in [-0.15, -0.1) is 10.2 Å². The molecule has 5 heterocycles. The Morgan fingerprint density at radius 2 is 1.83 bits per heavy atom. The minimum Gasteiger partial charge on any atom is -0.355 e. The molecule has 0 N–H and O–H groups in total. The van der Waals surface area contributed by atoms with Crippen LogP contribution >= 0.6 is 11.6 Å². The van der Waals surface area contributed by atoms with Gasteiger partial charge in [-0.3, -0.25) is 9.47 Å². The maximum Gasteiger partial charge on any atom is 0.231 e. The van der Waals surface area contributed by atoms with Crippen molar-refractivity contribution in [2.45, 2.75) is 38.5 Å². The number of pyridine rings is 1. The van der Waals surface area contributed by atoms with Gasteiger partial charge in [0.1, 0.15) is 17.6 Å². The number of aryl methyl sites for hydroxylation is 1. The largest absolute Gasteiger partial charge is 0.355 e. The smallest absolute Gasteiger partial charge is 0.231 e. The molecular weight excluding hydrogens is 479 g/mol. The number of alkyl halides is 1. The van der Waals surface area contributed by atoms with E-state index in [0.29, 0.717) is 43.1 Å². The molecule has 0 unspecified atom stereocenters. The van der Waals surface area contributed by atoms with E-state index in [4.69, 9.17) is 16.9 Å². The van der Waals surface area contributed by atoms with Gasteiger partial charge in [0.2, 0.25) is 5.95 Å². The van der Waals surface area contributed by atoms with Crippen molar-refractivity contribution < 1.29 is 4.39 Å². The van der Waals surface area contributed by atoms with E-state index in [2.05, 4.69) is 40.5 Å². The van der Waals surface area contributed by atoms with Crippen molar-refractivity contribution in [3.63, 3.8) is 0 Å². The summed E-state index contributed by atoms with van der Waals surface area (Å²) in [6.07, 6.45) is 1.27. The second-order valence-electron chi connectivity index (χ2n) is 10.9. The predicted octanol–water partition coefficient (Wildman–Crippen LogP) is 3.64. The van der Waals surface area contributed by atoms with Crippen LogP contribution in [0.2, 0.25) is 5.02 Å². The molecule has 1 aliphatic carbocycles. The van der Waals surface area contributed by atoms with Crippen LogP contribution in [0.1, 0.15) is 35.5 Å². The van der Waals surface area contributed by atoms with E-state index >= 15 is 0 Å². The zero-order chi connectivity index (χ0) is 24.7. The average molecular weight is 505 g/mol. The van der Waals surface area contributed by atoms with Gasteiger partial charge in [0.25, 0.3) is 0 Å². The molecule has 7 rings (SSSR count). The van der Waals surface area contributed by atoms with Crippen molar-refractivity contribution in [1.82, 2.24) is 24.6 Å². The summed E-state index contributed by atoms with van der Waals surface area (Å²) in [7, 11) is 0. The van der Waals surface area contributed by atoms with Crippen LogP contribution in [0.4, 0.5) is 16.2 Å². The molecule has 3 aromatic rings. The Morgan fingerprint density at radius 1 is 1.06 bits per heavy atom. The van der Waals surface area contributed by atoms with Gasteiger partial charge in [0.15, 0.2) is 5.82 Å². The highest BCUT2D eigenvalue weighted by atomic mass is 35.5. The fraction of sp³-hybridized carbons (Fsp3) is 0.462. The van der Waals surface area contributed by atoms with Gasteiger partial charge in [0, 0.05) is 49.7 Å². The molecule has 0 bridgehead atoms. The van der Waals surface area contributed by atoms with Gasteiger partial charge in [-0.05, 0) is 55.7 Å². The van der Waals surface area contributed by atoms with Crippen molar-refractivity contribution in [1.29, 1.82) is 5.26 Å². The lowest BCUT2D eigenvalue weighted by atomic mass is 9.73. The molecule has 3 aliphatic heterocycles. The van der Waals surface area contributed by atoms with E-state index in [1.165, 1.54) is 0 Å². The lowest BCUT2D eigenvalue weighted by molar-refractivity contribution is 0.153. The number of hydrogen-bond donors (Lipinski definition) is 0. The molecule has 8 nitrogen and oxygen atoms in total. The molecule has 1 aromatic carbocycles. The number of anilines is 2. The summed E-state index contributed by atoms with van der Waals surface area (Å²) in [6, 6.07) is 11.9. The zero-order valence-electron chi connectivity index (χ0n) is 20.1. The minimum atomic E-state index is -1.07. The summed E-state index contributed by atoms with van der Waals surface area (Å²) < 4.78 is 16.8. The van der Waals surface area contributed by atoms with Crippen LogP contribution in [-0.2, 0) is 13.1 Å². The van der Waals surface area contributed by atoms with Gasteiger partial charge >= 0.3 is 0 Å². The molecule has 10 heteroatoms. The third-order valence-electron chi connectivity index (χ3n) is 7.96. The third-order valence-corrected chi connectivity index (χ3v) is 8.19. The second-order valence-corrected chi connectivity index (χ2v) is 11.4. The highest BCUT2D eigenvalue weighted by molar-refractivity contribution is 6.30. The van der Waals surface area contributed by atoms with Gasteiger partial charge in [-0.2, -0.15) is 5.26 Å². The van der Waals surface area contributed by atoms with Crippen LogP contribution in [0.5, 0.6) is 0 Å². The monoisotopic (exact) mass is 504 g/mol. The van der Waals surface area contributed by atoms with E-state index in [9.17, 15) is 4.39 Å². The van der Waals surface area contributed by atoms with Crippen LogP contribution in [0.3, 0.4) is 0 Å². The standard InChI is InChI=1S/C26H26ClFN8/c1-17-18(9-29)2-5-22(30-17)34-12-25(13-34)14-35(15-25)24-32-31-23-11-33(16-26(28)6-7-26)10-19-8-20(27)3-4-21(19)36(23)24/h2-5,8H,6-7,10-16H2,1H3. The van der Waals surface area contributed by atoms with Crippen LogP contribution in [0.25, 0.3) is 5.69 Å². The van der Waals surface area contributed by atoms with Gasteiger partial charge in [0.05, 0.1) is 23.5 Å². The molecule has 1 spiro atoms. The first-order valence-corrected chi connectivity index (χ1v) is 12.7. The molecular formula is C26H26ClFN8.